The lowest BCUT2D eigenvalue weighted by atomic mass is 10.1. The minimum atomic E-state index is -0.792. The van der Waals surface area contributed by atoms with Gasteiger partial charge in [0.2, 0.25) is 0 Å². The predicted molar refractivity (Wildman–Crippen MR) is 59.6 cm³/mol. The van der Waals surface area contributed by atoms with Crippen molar-refractivity contribution in [2.75, 3.05) is 11.5 Å². The maximum Gasteiger partial charge on any atom is 0.123 e. The molecule has 0 bridgehead atoms. The molecule has 2 rings (SSSR count). The zero-order valence-corrected chi connectivity index (χ0v) is 9.39. The van der Waals surface area contributed by atoms with E-state index in [4.69, 9.17) is 0 Å². The second-order valence-electron chi connectivity index (χ2n) is 3.95. The Kier molecular flexibility index (Phi) is 3.17. The van der Waals surface area contributed by atoms with Crippen LogP contribution in [0.4, 0.5) is 4.39 Å². The monoisotopic (exact) mass is 227 g/mol. The Labute approximate surface area is 91.3 Å². The van der Waals surface area contributed by atoms with Gasteiger partial charge in [-0.15, -0.1) is 0 Å². The molecule has 1 heterocycles. The quantitative estimate of drug-likeness (QED) is 0.789. The van der Waals surface area contributed by atoms with E-state index in [1.54, 1.807) is 6.07 Å². The van der Waals surface area contributed by atoms with E-state index in [2.05, 4.69) is 5.32 Å². The van der Waals surface area contributed by atoms with Gasteiger partial charge in [0.25, 0.3) is 0 Å². The van der Waals surface area contributed by atoms with Crippen LogP contribution in [0.15, 0.2) is 24.3 Å². The van der Waals surface area contributed by atoms with Gasteiger partial charge in [-0.25, -0.2) is 4.39 Å². The molecule has 0 aromatic heterocycles. The fourth-order valence-corrected chi connectivity index (χ4v) is 3.34. The average Bonchev–Trinajstić information content (AvgIpc) is 2.16. The molecular formula is C11H14FNOS. The van der Waals surface area contributed by atoms with Crippen molar-refractivity contribution in [3.05, 3.63) is 35.6 Å². The Hall–Kier alpha value is -0.740. The minimum absolute atomic E-state index is 0.0188. The van der Waals surface area contributed by atoms with Gasteiger partial charge < -0.3 is 5.32 Å². The van der Waals surface area contributed by atoms with Crippen LogP contribution < -0.4 is 5.32 Å². The molecule has 15 heavy (non-hydrogen) atoms. The fourth-order valence-electron chi connectivity index (χ4n) is 1.89. The van der Waals surface area contributed by atoms with Crippen LogP contribution in [0.2, 0.25) is 0 Å². The molecule has 0 amide bonds. The van der Waals surface area contributed by atoms with Crippen LogP contribution in [0.3, 0.4) is 0 Å². The minimum Gasteiger partial charge on any atom is -0.306 e. The average molecular weight is 227 g/mol. The van der Waals surface area contributed by atoms with Crippen molar-refractivity contribution < 1.29 is 8.60 Å². The summed E-state index contributed by atoms with van der Waals surface area (Å²) in [5.74, 6) is 1.03. The first kappa shape index (κ1) is 10.8. The molecule has 1 saturated heterocycles. The highest BCUT2D eigenvalue weighted by atomic mass is 32.2. The Morgan fingerprint density at radius 3 is 2.93 bits per heavy atom. The lowest BCUT2D eigenvalue weighted by molar-refractivity contribution is 0.487. The highest BCUT2D eigenvalue weighted by molar-refractivity contribution is 7.85. The first-order valence-corrected chi connectivity index (χ1v) is 6.50. The maximum absolute atomic E-state index is 13.0. The first-order chi connectivity index (χ1) is 7.15. The topological polar surface area (TPSA) is 29.1 Å². The van der Waals surface area contributed by atoms with Crippen LogP contribution in [0, 0.1) is 5.82 Å². The van der Waals surface area contributed by atoms with Crippen LogP contribution in [0.5, 0.6) is 0 Å². The molecule has 1 aliphatic heterocycles. The first-order valence-electron chi connectivity index (χ1n) is 5.01. The molecule has 4 heteroatoms. The zero-order chi connectivity index (χ0) is 10.8. The molecule has 1 aromatic carbocycles. The third-order valence-corrected chi connectivity index (χ3v) is 4.10. The largest absolute Gasteiger partial charge is 0.306 e. The summed E-state index contributed by atoms with van der Waals surface area (Å²) in [7, 11) is -0.792. The Balaban J connectivity index is 2.19. The number of benzene rings is 1. The molecule has 1 N–H and O–H groups in total. The molecule has 0 aliphatic carbocycles. The summed E-state index contributed by atoms with van der Waals surface area (Å²) in [6.45, 7) is 2.00. The van der Waals surface area contributed by atoms with Crippen molar-refractivity contribution in [2.45, 2.75) is 19.0 Å². The van der Waals surface area contributed by atoms with Gasteiger partial charge >= 0.3 is 0 Å². The molecule has 0 radical (unpaired) electrons. The molecule has 0 spiro atoms. The Morgan fingerprint density at radius 1 is 1.47 bits per heavy atom. The number of hydrogen-bond donors (Lipinski definition) is 1. The van der Waals surface area contributed by atoms with E-state index in [0.29, 0.717) is 11.5 Å². The van der Waals surface area contributed by atoms with E-state index in [1.807, 2.05) is 13.0 Å². The number of rotatable bonds is 1. The smallest absolute Gasteiger partial charge is 0.123 e. The highest BCUT2D eigenvalue weighted by Crippen LogP contribution is 2.19. The third-order valence-electron chi connectivity index (χ3n) is 2.53. The van der Waals surface area contributed by atoms with Gasteiger partial charge in [0.15, 0.2) is 0 Å². The summed E-state index contributed by atoms with van der Waals surface area (Å²) >= 11 is 0. The molecule has 3 atom stereocenters. The van der Waals surface area contributed by atoms with E-state index < -0.39 is 10.8 Å². The van der Waals surface area contributed by atoms with Crippen LogP contribution in [0.1, 0.15) is 18.5 Å². The standard InChI is InChI=1S/C11H14FNOS/c1-8-6-15(14)7-11(13-8)9-3-2-4-10(12)5-9/h2-5,8,11,13H,6-7H2,1H3. The van der Waals surface area contributed by atoms with Crippen LogP contribution in [-0.4, -0.2) is 21.8 Å². The van der Waals surface area contributed by atoms with Crippen LogP contribution in [0.25, 0.3) is 0 Å². The lowest BCUT2D eigenvalue weighted by Crippen LogP contribution is -2.43. The van der Waals surface area contributed by atoms with E-state index >= 15 is 0 Å². The Morgan fingerprint density at radius 2 is 2.27 bits per heavy atom. The second-order valence-corrected chi connectivity index (χ2v) is 5.49. The van der Waals surface area contributed by atoms with Gasteiger partial charge in [-0.1, -0.05) is 12.1 Å². The van der Waals surface area contributed by atoms with E-state index in [1.165, 1.54) is 12.1 Å². The van der Waals surface area contributed by atoms with Crippen LogP contribution >= 0.6 is 0 Å². The lowest BCUT2D eigenvalue weighted by Gasteiger charge is -2.28. The number of halogens is 1. The van der Waals surface area contributed by atoms with E-state index in [0.717, 1.165) is 5.56 Å². The van der Waals surface area contributed by atoms with Gasteiger partial charge in [-0.2, -0.15) is 0 Å². The molecule has 82 valence electrons. The maximum atomic E-state index is 13.0. The van der Waals surface area contributed by atoms with Crippen molar-refractivity contribution >= 4 is 10.8 Å². The summed E-state index contributed by atoms with van der Waals surface area (Å²) in [5, 5.41) is 3.33. The number of nitrogens with one attached hydrogen (secondary N) is 1. The highest BCUT2D eigenvalue weighted by Gasteiger charge is 2.24. The fraction of sp³-hybridized carbons (Fsp3) is 0.455. The molecular weight excluding hydrogens is 213 g/mol. The third kappa shape index (κ3) is 2.63. The zero-order valence-electron chi connectivity index (χ0n) is 8.57. The molecule has 0 saturated carbocycles. The summed E-state index contributed by atoms with van der Waals surface area (Å²) in [4.78, 5) is 0. The molecule has 1 aromatic rings. The summed E-state index contributed by atoms with van der Waals surface area (Å²) < 4.78 is 24.5. The molecule has 1 fully saturated rings. The van der Waals surface area contributed by atoms with Gasteiger partial charge in [-0.05, 0) is 24.6 Å². The van der Waals surface area contributed by atoms with Gasteiger partial charge in [0.05, 0.1) is 0 Å². The summed E-state index contributed by atoms with van der Waals surface area (Å²) in [5.41, 5.74) is 0.884. The van der Waals surface area contributed by atoms with Gasteiger partial charge in [-0.3, -0.25) is 4.21 Å². The van der Waals surface area contributed by atoms with Gasteiger partial charge in [0.1, 0.15) is 5.82 Å². The van der Waals surface area contributed by atoms with E-state index in [9.17, 15) is 8.60 Å². The van der Waals surface area contributed by atoms with Crippen molar-refractivity contribution in [2.24, 2.45) is 0 Å². The second kappa shape index (κ2) is 4.41. The molecule has 3 unspecified atom stereocenters. The summed E-state index contributed by atoms with van der Waals surface area (Å²) in [6.07, 6.45) is 0. The number of hydrogen-bond acceptors (Lipinski definition) is 2. The molecule has 1 aliphatic rings. The van der Waals surface area contributed by atoms with Crippen molar-refractivity contribution in [3.63, 3.8) is 0 Å². The predicted octanol–water partition coefficient (Wildman–Crippen LogP) is 1.61. The van der Waals surface area contributed by atoms with Crippen molar-refractivity contribution in [1.29, 1.82) is 0 Å². The Bertz CT molecular complexity index is 383. The van der Waals surface area contributed by atoms with Crippen LogP contribution in [-0.2, 0) is 10.8 Å². The van der Waals surface area contributed by atoms with E-state index in [-0.39, 0.29) is 17.9 Å². The summed E-state index contributed by atoms with van der Waals surface area (Å²) in [6, 6.07) is 6.74. The van der Waals surface area contributed by atoms with Crippen molar-refractivity contribution in [3.8, 4) is 0 Å². The van der Waals surface area contributed by atoms with Crippen molar-refractivity contribution in [1.82, 2.24) is 5.32 Å². The normalized spacial score (nSPS) is 31.5. The van der Waals surface area contributed by atoms with Gasteiger partial charge in [0, 0.05) is 34.4 Å². The SMILES string of the molecule is CC1CS(=O)CC(c2cccc(F)c2)N1. The molecule has 2 nitrogen and oxygen atoms in total.